The van der Waals surface area contributed by atoms with Gasteiger partial charge in [-0.2, -0.15) is 0 Å². The molecule has 0 bridgehead atoms. The third-order valence-corrected chi connectivity index (χ3v) is 5.26. The number of aromatic amines is 1. The van der Waals surface area contributed by atoms with E-state index in [9.17, 15) is 9.59 Å². The largest absolute Gasteiger partial charge is 0.467 e. The molecule has 0 saturated heterocycles. The summed E-state index contributed by atoms with van der Waals surface area (Å²) in [7, 11) is 1.31. The maximum Gasteiger partial charge on any atom is 0.328 e. The van der Waals surface area contributed by atoms with Gasteiger partial charge in [0.1, 0.15) is 11.6 Å². The predicted molar refractivity (Wildman–Crippen MR) is 103 cm³/mol. The van der Waals surface area contributed by atoms with Gasteiger partial charge in [-0.3, -0.25) is 4.79 Å². The van der Waals surface area contributed by atoms with Crippen molar-refractivity contribution < 1.29 is 14.3 Å². The lowest BCUT2D eigenvalue weighted by molar-refractivity contribution is -0.146. The van der Waals surface area contributed by atoms with Crippen molar-refractivity contribution in [3.63, 3.8) is 0 Å². The smallest absolute Gasteiger partial charge is 0.328 e. The molecule has 2 aromatic heterocycles. The topological polar surface area (TPSA) is 110 Å². The van der Waals surface area contributed by atoms with Crippen LogP contribution in [0.3, 0.4) is 0 Å². The van der Waals surface area contributed by atoms with Crippen LogP contribution in [0.1, 0.15) is 20.3 Å². The molecule has 9 heteroatoms. The Kier molecular flexibility index (Phi) is 5.90. The molecule has 2 heterocycles. The predicted octanol–water partition coefficient (Wildman–Crippen LogP) is 2.30. The fourth-order valence-corrected chi connectivity index (χ4v) is 3.31. The summed E-state index contributed by atoms with van der Waals surface area (Å²) >= 11 is 1.17. The van der Waals surface area contributed by atoms with Crippen molar-refractivity contribution in [3.05, 3.63) is 24.3 Å². The van der Waals surface area contributed by atoms with E-state index in [1.807, 2.05) is 38.1 Å². The van der Waals surface area contributed by atoms with E-state index in [2.05, 4.69) is 25.5 Å². The highest BCUT2D eigenvalue weighted by atomic mass is 32.2. The molecule has 0 saturated carbocycles. The van der Waals surface area contributed by atoms with Crippen molar-refractivity contribution in [2.24, 2.45) is 5.92 Å². The molecule has 1 aromatic carbocycles. The fraction of sp³-hybridized carbons (Fsp3) is 0.389. The molecule has 142 valence electrons. The number of amides is 1. The quantitative estimate of drug-likeness (QED) is 0.473. The number of nitrogens with one attached hydrogen (secondary N) is 2. The van der Waals surface area contributed by atoms with Gasteiger partial charge in [0.05, 0.1) is 12.9 Å². The molecule has 0 aliphatic rings. The van der Waals surface area contributed by atoms with E-state index in [1.165, 1.54) is 18.9 Å². The van der Waals surface area contributed by atoms with E-state index < -0.39 is 12.0 Å². The Morgan fingerprint density at radius 1 is 1.30 bits per heavy atom. The first kappa shape index (κ1) is 19.1. The molecule has 0 aliphatic heterocycles. The molecule has 2 atom stereocenters. The number of para-hydroxylation sites is 1. The Bertz CT molecular complexity index is 974. The first-order valence-electron chi connectivity index (χ1n) is 8.64. The number of hydrogen-bond donors (Lipinski definition) is 2. The summed E-state index contributed by atoms with van der Waals surface area (Å²) in [6.45, 7) is 3.85. The zero-order chi connectivity index (χ0) is 19.4. The third-order valence-electron chi connectivity index (χ3n) is 4.42. The summed E-state index contributed by atoms with van der Waals surface area (Å²) in [5.74, 6) is -0.666. The second-order valence-electron chi connectivity index (χ2n) is 6.20. The van der Waals surface area contributed by atoms with E-state index in [1.54, 1.807) is 0 Å². The minimum atomic E-state index is -0.664. The molecule has 27 heavy (non-hydrogen) atoms. The highest BCUT2D eigenvalue weighted by molar-refractivity contribution is 7.99. The molecule has 3 aromatic rings. The van der Waals surface area contributed by atoms with Crippen molar-refractivity contribution in [3.8, 4) is 0 Å². The highest BCUT2D eigenvalue weighted by Crippen LogP contribution is 2.23. The van der Waals surface area contributed by atoms with Crippen LogP contribution in [0, 0.1) is 5.92 Å². The molecule has 0 spiro atoms. The van der Waals surface area contributed by atoms with E-state index in [4.69, 9.17) is 4.74 Å². The van der Waals surface area contributed by atoms with Gasteiger partial charge in [0, 0.05) is 10.9 Å². The summed E-state index contributed by atoms with van der Waals surface area (Å²) in [5.41, 5.74) is 2.26. The van der Waals surface area contributed by atoms with Crippen LogP contribution < -0.4 is 5.32 Å². The number of nitrogens with zero attached hydrogens (tertiary/aromatic N) is 3. The standard InChI is InChI=1S/C18H21N5O3S/c1-4-10(2)14(17(25)26-3)20-13(24)9-27-18-21-16-15(22-23-18)11-7-5-6-8-12(11)19-16/h5-8,10,14H,4,9H2,1-3H3,(H,20,24)(H,19,21,23)/t10-,14+/m0/s1. The third kappa shape index (κ3) is 4.19. The average molecular weight is 387 g/mol. The first-order chi connectivity index (χ1) is 13.0. The zero-order valence-electron chi connectivity index (χ0n) is 15.4. The Balaban J connectivity index is 1.67. The van der Waals surface area contributed by atoms with Crippen LogP contribution in [0.2, 0.25) is 0 Å². The molecule has 3 rings (SSSR count). The van der Waals surface area contributed by atoms with Gasteiger partial charge in [-0.15, -0.1) is 10.2 Å². The highest BCUT2D eigenvalue weighted by Gasteiger charge is 2.26. The van der Waals surface area contributed by atoms with Crippen LogP contribution in [0.25, 0.3) is 22.1 Å². The molecule has 8 nitrogen and oxygen atoms in total. The van der Waals surface area contributed by atoms with E-state index in [0.29, 0.717) is 16.3 Å². The number of fused-ring (bicyclic) bond motifs is 3. The molecule has 2 N–H and O–H groups in total. The van der Waals surface area contributed by atoms with Gasteiger partial charge in [0.15, 0.2) is 5.65 Å². The number of carbonyl (C=O) groups excluding carboxylic acids is 2. The number of ether oxygens (including phenoxy) is 1. The maximum atomic E-state index is 12.2. The second-order valence-corrected chi connectivity index (χ2v) is 7.15. The summed E-state index contributed by atoms with van der Waals surface area (Å²) in [6.07, 6.45) is 0.747. The number of hydrogen-bond acceptors (Lipinski definition) is 7. The number of aromatic nitrogens is 4. The maximum absolute atomic E-state index is 12.2. The molecule has 0 radical (unpaired) electrons. The number of rotatable bonds is 7. The van der Waals surface area contributed by atoms with Gasteiger partial charge in [0.2, 0.25) is 11.1 Å². The average Bonchev–Trinajstić information content (AvgIpc) is 3.07. The molecular formula is C18H21N5O3S. The minimum Gasteiger partial charge on any atom is -0.467 e. The number of thioether (sulfide) groups is 1. The van der Waals surface area contributed by atoms with Gasteiger partial charge >= 0.3 is 5.97 Å². The van der Waals surface area contributed by atoms with Gasteiger partial charge in [0.25, 0.3) is 0 Å². The van der Waals surface area contributed by atoms with Crippen LogP contribution in [-0.4, -0.2) is 50.9 Å². The summed E-state index contributed by atoms with van der Waals surface area (Å²) in [5, 5.41) is 12.4. The summed E-state index contributed by atoms with van der Waals surface area (Å²) < 4.78 is 4.78. The molecule has 0 aliphatic carbocycles. The lowest BCUT2D eigenvalue weighted by Gasteiger charge is -2.21. The number of carbonyl (C=O) groups is 2. The molecule has 0 fully saturated rings. The van der Waals surface area contributed by atoms with Crippen LogP contribution in [0.4, 0.5) is 0 Å². The van der Waals surface area contributed by atoms with Crippen LogP contribution in [0.5, 0.6) is 0 Å². The zero-order valence-corrected chi connectivity index (χ0v) is 16.2. The number of H-pyrrole nitrogens is 1. The van der Waals surface area contributed by atoms with E-state index in [0.717, 1.165) is 17.3 Å². The number of methoxy groups -OCH3 is 1. The Hall–Kier alpha value is -2.68. The normalized spacial score (nSPS) is 13.4. The minimum absolute atomic E-state index is 0.0213. The van der Waals surface area contributed by atoms with Gasteiger partial charge < -0.3 is 15.0 Å². The Morgan fingerprint density at radius 2 is 2.07 bits per heavy atom. The summed E-state index contributed by atoms with van der Waals surface area (Å²) in [4.78, 5) is 31.7. The number of benzene rings is 1. The van der Waals surface area contributed by atoms with Gasteiger partial charge in [-0.05, 0) is 12.0 Å². The van der Waals surface area contributed by atoms with Crippen molar-refractivity contribution in [2.75, 3.05) is 12.9 Å². The fourth-order valence-electron chi connectivity index (χ4n) is 2.71. The van der Waals surface area contributed by atoms with Crippen molar-refractivity contribution in [1.82, 2.24) is 25.5 Å². The Labute approximate surface area is 160 Å². The van der Waals surface area contributed by atoms with Crippen molar-refractivity contribution in [2.45, 2.75) is 31.5 Å². The van der Waals surface area contributed by atoms with Crippen LogP contribution >= 0.6 is 11.8 Å². The SMILES string of the molecule is CC[C@H](C)[C@@H](NC(=O)CSc1nnc2c(n1)[nH]c1ccccc12)C(=O)OC. The van der Waals surface area contributed by atoms with Crippen molar-refractivity contribution in [1.29, 1.82) is 0 Å². The van der Waals surface area contributed by atoms with Crippen molar-refractivity contribution >= 4 is 45.7 Å². The van der Waals surface area contributed by atoms with Crippen LogP contribution in [0.15, 0.2) is 29.4 Å². The van der Waals surface area contributed by atoms with Gasteiger partial charge in [-0.1, -0.05) is 50.2 Å². The number of esters is 1. The first-order valence-corrected chi connectivity index (χ1v) is 9.63. The summed E-state index contributed by atoms with van der Waals surface area (Å²) in [6, 6.07) is 7.09. The van der Waals surface area contributed by atoms with E-state index in [-0.39, 0.29) is 17.6 Å². The second kappa shape index (κ2) is 8.34. The Morgan fingerprint density at radius 3 is 2.81 bits per heavy atom. The van der Waals surface area contributed by atoms with Crippen LogP contribution in [-0.2, 0) is 14.3 Å². The van der Waals surface area contributed by atoms with E-state index >= 15 is 0 Å². The molecular weight excluding hydrogens is 366 g/mol. The lowest BCUT2D eigenvalue weighted by Crippen LogP contribution is -2.46. The van der Waals surface area contributed by atoms with Gasteiger partial charge in [-0.25, -0.2) is 9.78 Å². The molecule has 0 unspecified atom stereocenters. The lowest BCUT2D eigenvalue weighted by atomic mass is 9.99. The monoisotopic (exact) mass is 387 g/mol. The molecule has 1 amide bonds.